The minimum atomic E-state index is 0.483. The van der Waals surface area contributed by atoms with E-state index < -0.39 is 0 Å². The highest BCUT2D eigenvalue weighted by Gasteiger charge is 2.25. The van der Waals surface area contributed by atoms with E-state index in [1.807, 2.05) is 12.5 Å². The van der Waals surface area contributed by atoms with Crippen molar-refractivity contribution >= 4 is 0 Å². The third-order valence-electron chi connectivity index (χ3n) is 2.57. The van der Waals surface area contributed by atoms with E-state index in [1.54, 1.807) is 0 Å². The van der Waals surface area contributed by atoms with Crippen molar-refractivity contribution in [1.82, 2.24) is 0 Å². The van der Waals surface area contributed by atoms with Crippen LogP contribution < -0.4 is 0 Å². The zero-order chi connectivity index (χ0) is 7.90. The SMILES string of the molecule is CC1(C)CCc2cocc2C1. The fraction of sp³-hybridized carbons (Fsp3) is 0.600. The summed E-state index contributed by atoms with van der Waals surface area (Å²) in [5.41, 5.74) is 3.32. The van der Waals surface area contributed by atoms with Crippen molar-refractivity contribution in [3.8, 4) is 0 Å². The molecule has 0 fully saturated rings. The van der Waals surface area contributed by atoms with Gasteiger partial charge in [0.25, 0.3) is 0 Å². The minimum absolute atomic E-state index is 0.483. The molecule has 1 aromatic heterocycles. The maximum Gasteiger partial charge on any atom is 0.0937 e. The van der Waals surface area contributed by atoms with Gasteiger partial charge in [-0.25, -0.2) is 0 Å². The van der Waals surface area contributed by atoms with Crippen molar-refractivity contribution < 1.29 is 4.42 Å². The molecule has 0 N–H and O–H groups in total. The van der Waals surface area contributed by atoms with Crippen LogP contribution in [0.5, 0.6) is 0 Å². The Kier molecular flexibility index (Phi) is 1.35. The molecule has 0 amide bonds. The fourth-order valence-corrected chi connectivity index (χ4v) is 1.80. The van der Waals surface area contributed by atoms with E-state index in [-0.39, 0.29) is 0 Å². The fourth-order valence-electron chi connectivity index (χ4n) is 1.80. The Morgan fingerprint density at radius 2 is 2.00 bits per heavy atom. The van der Waals surface area contributed by atoms with Gasteiger partial charge in [-0.1, -0.05) is 13.8 Å². The molecule has 1 heteroatoms. The minimum Gasteiger partial charge on any atom is -0.472 e. The van der Waals surface area contributed by atoms with Gasteiger partial charge in [0.05, 0.1) is 12.5 Å². The van der Waals surface area contributed by atoms with Crippen molar-refractivity contribution in [3.05, 3.63) is 23.7 Å². The van der Waals surface area contributed by atoms with Gasteiger partial charge in [-0.15, -0.1) is 0 Å². The molecule has 1 aromatic rings. The molecule has 0 saturated heterocycles. The lowest BCUT2D eigenvalue weighted by atomic mass is 9.76. The van der Waals surface area contributed by atoms with Crippen molar-refractivity contribution in [1.29, 1.82) is 0 Å². The lowest BCUT2D eigenvalue weighted by molar-refractivity contribution is 0.316. The zero-order valence-corrected chi connectivity index (χ0v) is 7.18. The third-order valence-corrected chi connectivity index (χ3v) is 2.57. The molecule has 0 aliphatic heterocycles. The van der Waals surface area contributed by atoms with Crippen LogP contribution >= 0.6 is 0 Å². The quantitative estimate of drug-likeness (QED) is 0.554. The van der Waals surface area contributed by atoms with E-state index in [9.17, 15) is 0 Å². The molecule has 1 heterocycles. The molecule has 0 radical (unpaired) electrons. The van der Waals surface area contributed by atoms with Crippen LogP contribution in [0.25, 0.3) is 0 Å². The van der Waals surface area contributed by atoms with Crippen LogP contribution in [0.2, 0.25) is 0 Å². The number of hydrogen-bond donors (Lipinski definition) is 0. The Labute approximate surface area is 67.4 Å². The molecule has 1 aliphatic rings. The lowest BCUT2D eigenvalue weighted by Gasteiger charge is -2.28. The van der Waals surface area contributed by atoms with E-state index in [1.165, 1.54) is 30.4 Å². The van der Waals surface area contributed by atoms with Gasteiger partial charge in [0, 0.05) is 0 Å². The molecule has 0 atom stereocenters. The largest absolute Gasteiger partial charge is 0.472 e. The first-order chi connectivity index (χ1) is 5.17. The molecule has 0 spiro atoms. The van der Waals surface area contributed by atoms with Gasteiger partial charge in [-0.2, -0.15) is 0 Å². The summed E-state index contributed by atoms with van der Waals surface area (Å²) in [6.45, 7) is 4.64. The molecule has 1 nitrogen and oxygen atoms in total. The Balaban J connectivity index is 2.32. The molecule has 0 unspecified atom stereocenters. The number of fused-ring (bicyclic) bond motifs is 1. The number of aryl methyl sites for hydroxylation is 1. The topological polar surface area (TPSA) is 13.1 Å². The molecule has 0 saturated carbocycles. The van der Waals surface area contributed by atoms with Crippen molar-refractivity contribution in [2.24, 2.45) is 5.41 Å². The molecule has 1 aliphatic carbocycles. The van der Waals surface area contributed by atoms with Crippen LogP contribution in [0.15, 0.2) is 16.9 Å². The average molecular weight is 150 g/mol. The molecule has 0 bridgehead atoms. The average Bonchev–Trinajstić information content (AvgIpc) is 2.31. The number of furan rings is 1. The van der Waals surface area contributed by atoms with Gasteiger partial charge < -0.3 is 4.42 Å². The van der Waals surface area contributed by atoms with Crippen molar-refractivity contribution in [2.75, 3.05) is 0 Å². The third kappa shape index (κ3) is 1.20. The first-order valence-corrected chi connectivity index (χ1v) is 4.21. The maximum absolute atomic E-state index is 5.16. The standard InChI is InChI=1S/C10H14O/c1-10(2)4-3-8-6-11-7-9(8)5-10/h6-7H,3-5H2,1-2H3. The van der Waals surface area contributed by atoms with E-state index >= 15 is 0 Å². The second-order valence-electron chi connectivity index (χ2n) is 4.26. The summed E-state index contributed by atoms with van der Waals surface area (Å²) in [7, 11) is 0. The molecule has 60 valence electrons. The van der Waals surface area contributed by atoms with Gasteiger partial charge in [0.2, 0.25) is 0 Å². The lowest BCUT2D eigenvalue weighted by Crippen LogP contribution is -2.20. The Bertz CT molecular complexity index is 258. The second kappa shape index (κ2) is 2.13. The first kappa shape index (κ1) is 6.96. The molecular weight excluding hydrogens is 136 g/mol. The summed E-state index contributed by atoms with van der Waals surface area (Å²) in [4.78, 5) is 0. The van der Waals surface area contributed by atoms with Gasteiger partial charge >= 0.3 is 0 Å². The molecular formula is C10H14O. The summed E-state index contributed by atoms with van der Waals surface area (Å²) in [6.07, 6.45) is 7.46. The molecule has 2 rings (SSSR count). The Hall–Kier alpha value is -0.720. The van der Waals surface area contributed by atoms with Crippen molar-refractivity contribution in [3.63, 3.8) is 0 Å². The van der Waals surface area contributed by atoms with E-state index in [0.29, 0.717) is 5.41 Å². The summed E-state index contributed by atoms with van der Waals surface area (Å²) >= 11 is 0. The summed E-state index contributed by atoms with van der Waals surface area (Å²) in [5, 5.41) is 0. The second-order valence-corrected chi connectivity index (χ2v) is 4.26. The summed E-state index contributed by atoms with van der Waals surface area (Å²) in [6, 6.07) is 0. The molecule has 0 aromatic carbocycles. The highest BCUT2D eigenvalue weighted by Crippen LogP contribution is 2.34. The van der Waals surface area contributed by atoms with E-state index in [0.717, 1.165) is 0 Å². The van der Waals surface area contributed by atoms with Crippen LogP contribution in [0.4, 0.5) is 0 Å². The van der Waals surface area contributed by atoms with Crippen LogP contribution in [-0.2, 0) is 12.8 Å². The maximum atomic E-state index is 5.16. The smallest absolute Gasteiger partial charge is 0.0937 e. The molecule has 11 heavy (non-hydrogen) atoms. The van der Waals surface area contributed by atoms with E-state index in [4.69, 9.17) is 4.42 Å². The monoisotopic (exact) mass is 150 g/mol. The predicted molar refractivity (Wildman–Crippen MR) is 44.5 cm³/mol. The van der Waals surface area contributed by atoms with Crippen molar-refractivity contribution in [2.45, 2.75) is 33.1 Å². The Morgan fingerprint density at radius 3 is 2.82 bits per heavy atom. The zero-order valence-electron chi connectivity index (χ0n) is 7.18. The number of rotatable bonds is 0. The van der Waals surface area contributed by atoms with Crippen LogP contribution in [0, 0.1) is 5.41 Å². The summed E-state index contributed by atoms with van der Waals surface area (Å²) in [5.74, 6) is 0. The summed E-state index contributed by atoms with van der Waals surface area (Å²) < 4.78 is 5.16. The van der Waals surface area contributed by atoms with Gasteiger partial charge in [-0.3, -0.25) is 0 Å². The van der Waals surface area contributed by atoms with Crippen LogP contribution in [-0.4, -0.2) is 0 Å². The van der Waals surface area contributed by atoms with Crippen LogP contribution in [0.3, 0.4) is 0 Å². The van der Waals surface area contributed by atoms with Crippen LogP contribution in [0.1, 0.15) is 31.4 Å². The number of hydrogen-bond acceptors (Lipinski definition) is 1. The van der Waals surface area contributed by atoms with Gasteiger partial charge in [0.1, 0.15) is 0 Å². The van der Waals surface area contributed by atoms with Gasteiger partial charge in [-0.05, 0) is 35.8 Å². The Morgan fingerprint density at radius 1 is 1.27 bits per heavy atom. The van der Waals surface area contributed by atoms with Gasteiger partial charge in [0.15, 0.2) is 0 Å². The van der Waals surface area contributed by atoms with E-state index in [2.05, 4.69) is 13.8 Å². The first-order valence-electron chi connectivity index (χ1n) is 4.21. The highest BCUT2D eigenvalue weighted by atomic mass is 16.3. The normalized spacial score (nSPS) is 21.3. The highest BCUT2D eigenvalue weighted by molar-refractivity contribution is 5.25. The predicted octanol–water partition coefficient (Wildman–Crippen LogP) is 2.79.